The van der Waals surface area contributed by atoms with Gasteiger partial charge in [-0.3, -0.25) is 9.59 Å². The number of thiazole rings is 1. The molecule has 0 aliphatic heterocycles. The number of hydrogen-bond donors (Lipinski definition) is 2. The molecule has 0 unspecified atom stereocenters. The fourth-order valence-electron chi connectivity index (χ4n) is 1.000. The molecule has 0 spiro atoms. The Balaban J connectivity index is 2.11. The van der Waals surface area contributed by atoms with Crippen molar-refractivity contribution < 1.29 is 14.7 Å². The Morgan fingerprint density at radius 3 is 2.87 bits per heavy atom. The lowest BCUT2D eigenvalue weighted by molar-refractivity contribution is -0.136. The largest absolute Gasteiger partial charge is 0.481 e. The Bertz CT molecular complexity index is 324. The van der Waals surface area contributed by atoms with Crippen LogP contribution >= 0.6 is 11.3 Å². The van der Waals surface area contributed by atoms with Crippen LogP contribution in [0.15, 0.2) is 10.9 Å². The predicted molar refractivity (Wildman–Crippen MR) is 55.7 cm³/mol. The van der Waals surface area contributed by atoms with E-state index in [1.165, 1.54) is 11.3 Å². The highest BCUT2D eigenvalue weighted by Gasteiger charge is 2.04. The molecular weight excluding hydrogens is 216 g/mol. The zero-order valence-electron chi connectivity index (χ0n) is 8.10. The summed E-state index contributed by atoms with van der Waals surface area (Å²) >= 11 is 1.49. The molecule has 0 saturated carbocycles. The van der Waals surface area contributed by atoms with Crippen LogP contribution in [0.4, 0.5) is 0 Å². The lowest BCUT2D eigenvalue weighted by atomic mass is 10.2. The second-order valence-electron chi connectivity index (χ2n) is 2.97. The van der Waals surface area contributed by atoms with Crippen molar-refractivity contribution in [1.82, 2.24) is 10.3 Å². The molecular formula is C9H12N2O3S. The molecule has 2 N–H and O–H groups in total. The maximum atomic E-state index is 11.2. The van der Waals surface area contributed by atoms with Crippen LogP contribution in [-0.4, -0.2) is 28.5 Å². The minimum absolute atomic E-state index is 0.0392. The van der Waals surface area contributed by atoms with Crippen LogP contribution in [0.3, 0.4) is 0 Å². The normalized spacial score (nSPS) is 9.87. The number of amides is 1. The first-order chi connectivity index (χ1) is 7.18. The average molecular weight is 228 g/mol. The predicted octanol–water partition coefficient (Wildman–Crippen LogP) is 0.667. The summed E-state index contributed by atoms with van der Waals surface area (Å²) in [6.45, 7) is 0.186. The first-order valence-electron chi connectivity index (χ1n) is 4.54. The summed E-state index contributed by atoms with van der Waals surface area (Å²) in [5, 5.41) is 12.8. The smallest absolute Gasteiger partial charge is 0.305 e. The van der Waals surface area contributed by atoms with E-state index in [0.717, 1.165) is 5.69 Å². The molecule has 1 rings (SSSR count). The van der Waals surface area contributed by atoms with Crippen molar-refractivity contribution in [2.45, 2.75) is 19.3 Å². The van der Waals surface area contributed by atoms with Gasteiger partial charge in [-0.05, 0) is 6.42 Å². The molecule has 1 amide bonds. The van der Waals surface area contributed by atoms with Gasteiger partial charge in [-0.2, -0.15) is 0 Å². The van der Waals surface area contributed by atoms with Gasteiger partial charge in [0.2, 0.25) is 5.91 Å². The SMILES string of the molecule is O=C(O)CCNC(=O)CCc1cscn1. The van der Waals surface area contributed by atoms with Crippen LogP contribution in [0.1, 0.15) is 18.5 Å². The molecule has 1 aromatic rings. The van der Waals surface area contributed by atoms with Crippen molar-refractivity contribution in [3.63, 3.8) is 0 Å². The van der Waals surface area contributed by atoms with E-state index < -0.39 is 5.97 Å². The van der Waals surface area contributed by atoms with Crippen LogP contribution < -0.4 is 5.32 Å². The van der Waals surface area contributed by atoms with Crippen LogP contribution in [0, 0.1) is 0 Å². The number of nitrogens with one attached hydrogen (secondary N) is 1. The number of rotatable bonds is 6. The zero-order chi connectivity index (χ0) is 11.1. The van der Waals surface area contributed by atoms with Gasteiger partial charge in [0.1, 0.15) is 0 Å². The Kier molecular flexibility index (Phi) is 4.76. The zero-order valence-corrected chi connectivity index (χ0v) is 8.92. The third-order valence-electron chi connectivity index (χ3n) is 1.75. The summed E-state index contributed by atoms with van der Waals surface area (Å²) in [5.74, 6) is -1.04. The fraction of sp³-hybridized carbons (Fsp3) is 0.444. The quantitative estimate of drug-likeness (QED) is 0.750. The molecule has 0 bridgehead atoms. The minimum atomic E-state index is -0.908. The number of nitrogens with zero attached hydrogens (tertiary/aromatic N) is 1. The third-order valence-corrected chi connectivity index (χ3v) is 2.39. The van der Waals surface area contributed by atoms with Crippen molar-refractivity contribution in [1.29, 1.82) is 0 Å². The Labute approximate surface area is 91.1 Å². The van der Waals surface area contributed by atoms with Crippen molar-refractivity contribution in [3.8, 4) is 0 Å². The van der Waals surface area contributed by atoms with Gasteiger partial charge in [-0.25, -0.2) is 4.98 Å². The highest BCUT2D eigenvalue weighted by atomic mass is 32.1. The molecule has 1 aromatic heterocycles. The summed E-state index contributed by atoms with van der Waals surface area (Å²) in [4.78, 5) is 25.4. The van der Waals surface area contributed by atoms with Crippen molar-refractivity contribution in [2.24, 2.45) is 0 Å². The van der Waals surface area contributed by atoms with Crippen molar-refractivity contribution in [3.05, 3.63) is 16.6 Å². The number of aryl methyl sites for hydroxylation is 1. The van der Waals surface area contributed by atoms with Gasteiger partial charge >= 0.3 is 5.97 Å². The molecule has 82 valence electrons. The lowest BCUT2D eigenvalue weighted by Gasteiger charge is -2.01. The second kappa shape index (κ2) is 6.13. The Hall–Kier alpha value is -1.43. The van der Waals surface area contributed by atoms with E-state index in [9.17, 15) is 9.59 Å². The van der Waals surface area contributed by atoms with E-state index in [1.807, 2.05) is 5.38 Å². The van der Waals surface area contributed by atoms with Crippen LogP contribution in [0.2, 0.25) is 0 Å². The van der Waals surface area contributed by atoms with Gasteiger partial charge in [0.15, 0.2) is 0 Å². The molecule has 0 saturated heterocycles. The van der Waals surface area contributed by atoms with E-state index in [-0.39, 0.29) is 18.9 Å². The monoisotopic (exact) mass is 228 g/mol. The summed E-state index contributed by atoms with van der Waals surface area (Å²) in [7, 11) is 0. The van der Waals surface area contributed by atoms with Crippen LogP contribution in [-0.2, 0) is 16.0 Å². The second-order valence-corrected chi connectivity index (χ2v) is 3.69. The van der Waals surface area contributed by atoms with Crippen LogP contribution in [0.5, 0.6) is 0 Å². The molecule has 0 aliphatic rings. The summed E-state index contributed by atoms with van der Waals surface area (Å²) < 4.78 is 0. The van der Waals surface area contributed by atoms with E-state index in [4.69, 9.17) is 5.11 Å². The molecule has 0 fully saturated rings. The standard InChI is InChI=1S/C9H12N2O3S/c12-8(10-4-3-9(13)14)2-1-7-5-15-6-11-7/h5-6H,1-4H2,(H,10,12)(H,13,14). The van der Waals surface area contributed by atoms with E-state index >= 15 is 0 Å². The molecule has 6 heteroatoms. The molecule has 5 nitrogen and oxygen atoms in total. The van der Waals surface area contributed by atoms with Crippen LogP contribution in [0.25, 0.3) is 0 Å². The van der Waals surface area contributed by atoms with E-state index in [0.29, 0.717) is 12.8 Å². The number of aromatic nitrogens is 1. The molecule has 0 aromatic carbocycles. The number of carboxylic acids is 1. The number of hydrogen-bond acceptors (Lipinski definition) is 4. The maximum absolute atomic E-state index is 11.2. The number of aliphatic carboxylic acids is 1. The third kappa shape index (κ3) is 5.11. The highest BCUT2D eigenvalue weighted by molar-refractivity contribution is 7.07. The molecule has 0 atom stereocenters. The van der Waals surface area contributed by atoms with Gasteiger partial charge in [-0.1, -0.05) is 0 Å². The molecule has 15 heavy (non-hydrogen) atoms. The maximum Gasteiger partial charge on any atom is 0.305 e. The Morgan fingerprint density at radius 2 is 2.27 bits per heavy atom. The number of carbonyl (C=O) groups is 2. The van der Waals surface area contributed by atoms with Crippen molar-refractivity contribution in [2.75, 3.05) is 6.54 Å². The van der Waals surface area contributed by atoms with Gasteiger partial charge < -0.3 is 10.4 Å². The summed E-state index contributed by atoms with van der Waals surface area (Å²) in [6, 6.07) is 0. The molecule has 0 aliphatic carbocycles. The average Bonchev–Trinajstić information content (AvgIpc) is 2.66. The van der Waals surface area contributed by atoms with E-state index in [1.54, 1.807) is 5.51 Å². The summed E-state index contributed by atoms with van der Waals surface area (Å²) in [6.07, 6.45) is 0.911. The van der Waals surface area contributed by atoms with Gasteiger partial charge in [0.25, 0.3) is 0 Å². The van der Waals surface area contributed by atoms with Crippen molar-refractivity contribution >= 4 is 23.2 Å². The fourth-order valence-corrected chi connectivity index (χ4v) is 1.59. The van der Waals surface area contributed by atoms with E-state index in [2.05, 4.69) is 10.3 Å². The molecule has 1 heterocycles. The van der Waals surface area contributed by atoms with Gasteiger partial charge in [0, 0.05) is 18.3 Å². The number of carboxylic acid groups (broad SMARTS) is 1. The van der Waals surface area contributed by atoms with Gasteiger partial charge in [0.05, 0.1) is 17.6 Å². The Morgan fingerprint density at radius 1 is 1.47 bits per heavy atom. The van der Waals surface area contributed by atoms with Gasteiger partial charge in [-0.15, -0.1) is 11.3 Å². The first-order valence-corrected chi connectivity index (χ1v) is 5.48. The summed E-state index contributed by atoms with van der Waals surface area (Å²) in [5.41, 5.74) is 2.62. The number of carbonyl (C=O) groups excluding carboxylic acids is 1. The lowest BCUT2D eigenvalue weighted by Crippen LogP contribution is -2.26. The topological polar surface area (TPSA) is 79.3 Å². The first kappa shape index (κ1) is 11.6. The minimum Gasteiger partial charge on any atom is -0.481 e. The molecule has 0 radical (unpaired) electrons. The highest BCUT2D eigenvalue weighted by Crippen LogP contribution is 2.03.